The maximum Gasteiger partial charge on any atom is 0.387 e. The summed E-state index contributed by atoms with van der Waals surface area (Å²) in [7, 11) is 0. The van der Waals surface area contributed by atoms with E-state index in [2.05, 4.69) is 30.2 Å². The van der Waals surface area contributed by atoms with Gasteiger partial charge in [-0.15, -0.1) is 0 Å². The summed E-state index contributed by atoms with van der Waals surface area (Å²) in [5, 5.41) is 11.5. The van der Waals surface area contributed by atoms with Crippen LogP contribution in [0.15, 0.2) is 60.9 Å². The van der Waals surface area contributed by atoms with Crippen molar-refractivity contribution in [2.24, 2.45) is 0 Å². The molecule has 0 aliphatic carbocycles. The number of rotatable bonds is 7. The SMILES string of the molecule is CCOc1ccc2nc(-c3ccnnc3)nc(Nc3cccc(OC(F)F)c3)c2c1. The number of alkyl halides is 2. The maximum atomic E-state index is 12.6. The van der Waals surface area contributed by atoms with Crippen molar-refractivity contribution < 1.29 is 18.3 Å². The first-order valence-corrected chi connectivity index (χ1v) is 9.16. The van der Waals surface area contributed by atoms with E-state index in [4.69, 9.17) is 4.74 Å². The number of halogens is 2. The van der Waals surface area contributed by atoms with Crippen molar-refractivity contribution in [2.45, 2.75) is 13.5 Å². The zero-order valence-electron chi connectivity index (χ0n) is 15.9. The second kappa shape index (κ2) is 8.64. The van der Waals surface area contributed by atoms with E-state index >= 15 is 0 Å². The molecule has 2 heterocycles. The van der Waals surface area contributed by atoms with Gasteiger partial charge in [-0.25, -0.2) is 9.97 Å². The highest BCUT2D eigenvalue weighted by atomic mass is 19.3. The molecule has 4 rings (SSSR count). The Morgan fingerprint density at radius 2 is 1.90 bits per heavy atom. The fraction of sp³-hybridized carbons (Fsp3) is 0.143. The van der Waals surface area contributed by atoms with Crippen LogP contribution >= 0.6 is 0 Å². The van der Waals surface area contributed by atoms with Gasteiger partial charge in [0.25, 0.3) is 0 Å². The van der Waals surface area contributed by atoms with Gasteiger partial charge in [-0.3, -0.25) is 0 Å². The second-order valence-corrected chi connectivity index (χ2v) is 6.17. The number of nitrogens with zero attached hydrogens (tertiary/aromatic N) is 4. The van der Waals surface area contributed by atoms with Crippen LogP contribution in [0.25, 0.3) is 22.3 Å². The lowest BCUT2D eigenvalue weighted by Crippen LogP contribution is -2.03. The Balaban J connectivity index is 1.80. The third-order valence-corrected chi connectivity index (χ3v) is 4.14. The molecule has 0 aliphatic rings. The van der Waals surface area contributed by atoms with Crippen molar-refractivity contribution in [1.82, 2.24) is 20.2 Å². The molecule has 7 nitrogen and oxygen atoms in total. The molecule has 0 bridgehead atoms. The zero-order chi connectivity index (χ0) is 20.9. The molecule has 0 amide bonds. The third kappa shape index (κ3) is 4.40. The molecule has 0 atom stereocenters. The van der Waals surface area contributed by atoms with Crippen LogP contribution in [0.5, 0.6) is 11.5 Å². The van der Waals surface area contributed by atoms with E-state index in [1.165, 1.54) is 12.1 Å². The first-order valence-electron chi connectivity index (χ1n) is 9.16. The summed E-state index contributed by atoms with van der Waals surface area (Å²) in [6.45, 7) is -0.490. The van der Waals surface area contributed by atoms with Crippen molar-refractivity contribution in [3.8, 4) is 22.9 Å². The summed E-state index contributed by atoms with van der Waals surface area (Å²) in [5.74, 6) is 1.65. The lowest BCUT2D eigenvalue weighted by molar-refractivity contribution is -0.0498. The molecular formula is C21H17F2N5O2. The predicted octanol–water partition coefficient (Wildman–Crippen LogP) is 4.83. The molecular weight excluding hydrogens is 392 g/mol. The summed E-state index contributed by atoms with van der Waals surface area (Å²) >= 11 is 0. The van der Waals surface area contributed by atoms with Crippen LogP contribution in [0.4, 0.5) is 20.3 Å². The minimum Gasteiger partial charge on any atom is -0.494 e. The van der Waals surface area contributed by atoms with Crippen LogP contribution in [-0.2, 0) is 0 Å². The van der Waals surface area contributed by atoms with Crippen LogP contribution < -0.4 is 14.8 Å². The Hall–Kier alpha value is -3.88. The first kappa shape index (κ1) is 19.4. The summed E-state index contributed by atoms with van der Waals surface area (Å²) in [5.41, 5.74) is 1.91. The van der Waals surface area contributed by atoms with Gasteiger partial charge in [0, 0.05) is 22.7 Å². The largest absolute Gasteiger partial charge is 0.494 e. The van der Waals surface area contributed by atoms with E-state index in [-0.39, 0.29) is 5.75 Å². The average molecular weight is 409 g/mol. The Kier molecular flexibility index (Phi) is 5.60. The van der Waals surface area contributed by atoms with Crippen LogP contribution in [0.3, 0.4) is 0 Å². The van der Waals surface area contributed by atoms with Crippen molar-refractivity contribution in [2.75, 3.05) is 11.9 Å². The molecule has 4 aromatic rings. The fourth-order valence-corrected chi connectivity index (χ4v) is 2.90. The third-order valence-electron chi connectivity index (χ3n) is 4.14. The van der Waals surface area contributed by atoms with E-state index in [1.54, 1.807) is 30.6 Å². The van der Waals surface area contributed by atoms with Gasteiger partial charge in [-0.2, -0.15) is 19.0 Å². The standard InChI is InChI=1S/C21H17F2N5O2/c1-2-29-15-6-7-18-17(11-15)20(28-19(27-18)13-8-9-24-25-12-13)26-14-4-3-5-16(10-14)30-21(22)23/h3-12,21H,2H2,1H3,(H,26,27,28). The summed E-state index contributed by atoms with van der Waals surface area (Å²) < 4.78 is 35.2. The van der Waals surface area contributed by atoms with Gasteiger partial charge in [-0.05, 0) is 43.3 Å². The summed E-state index contributed by atoms with van der Waals surface area (Å²) in [4.78, 5) is 9.23. The maximum absolute atomic E-state index is 12.6. The molecule has 0 fully saturated rings. The summed E-state index contributed by atoms with van der Waals surface area (Å²) in [6.07, 6.45) is 3.12. The minimum absolute atomic E-state index is 0.0434. The lowest BCUT2D eigenvalue weighted by atomic mass is 10.2. The number of ether oxygens (including phenoxy) is 2. The van der Waals surface area contributed by atoms with Gasteiger partial charge >= 0.3 is 6.61 Å². The Bertz CT molecular complexity index is 1160. The molecule has 2 aromatic heterocycles. The van der Waals surface area contributed by atoms with Gasteiger partial charge in [0.15, 0.2) is 5.82 Å². The zero-order valence-corrected chi connectivity index (χ0v) is 15.9. The molecule has 30 heavy (non-hydrogen) atoms. The molecule has 0 saturated heterocycles. The molecule has 0 aliphatic heterocycles. The van der Waals surface area contributed by atoms with Crippen LogP contribution in [-0.4, -0.2) is 33.4 Å². The number of aromatic nitrogens is 4. The highest BCUT2D eigenvalue weighted by Gasteiger charge is 2.12. The van der Waals surface area contributed by atoms with Crippen molar-refractivity contribution in [1.29, 1.82) is 0 Å². The summed E-state index contributed by atoms with van der Waals surface area (Å²) in [6, 6.07) is 13.5. The fourth-order valence-electron chi connectivity index (χ4n) is 2.90. The Morgan fingerprint density at radius 3 is 2.67 bits per heavy atom. The van der Waals surface area contributed by atoms with E-state index in [9.17, 15) is 8.78 Å². The van der Waals surface area contributed by atoms with Gasteiger partial charge in [0.2, 0.25) is 0 Å². The Morgan fingerprint density at radius 1 is 1.00 bits per heavy atom. The molecule has 0 saturated carbocycles. The van der Waals surface area contributed by atoms with E-state index in [1.807, 2.05) is 25.1 Å². The quantitative estimate of drug-likeness (QED) is 0.468. The molecule has 2 aromatic carbocycles. The van der Waals surface area contributed by atoms with Gasteiger partial charge < -0.3 is 14.8 Å². The number of hydrogen-bond acceptors (Lipinski definition) is 7. The van der Waals surface area contributed by atoms with Gasteiger partial charge in [0.1, 0.15) is 17.3 Å². The van der Waals surface area contributed by atoms with E-state index in [0.717, 1.165) is 0 Å². The van der Waals surface area contributed by atoms with Crippen molar-refractivity contribution >= 4 is 22.4 Å². The monoisotopic (exact) mass is 409 g/mol. The van der Waals surface area contributed by atoms with E-state index in [0.29, 0.717) is 46.2 Å². The predicted molar refractivity (Wildman–Crippen MR) is 108 cm³/mol. The number of fused-ring (bicyclic) bond motifs is 1. The number of hydrogen-bond donors (Lipinski definition) is 1. The van der Waals surface area contributed by atoms with Crippen LogP contribution in [0.1, 0.15) is 6.92 Å². The average Bonchev–Trinajstić information content (AvgIpc) is 2.74. The number of nitrogens with one attached hydrogen (secondary N) is 1. The van der Waals surface area contributed by atoms with Crippen molar-refractivity contribution in [3.63, 3.8) is 0 Å². The smallest absolute Gasteiger partial charge is 0.387 e. The molecule has 152 valence electrons. The molecule has 0 radical (unpaired) electrons. The van der Waals surface area contributed by atoms with Crippen molar-refractivity contribution in [3.05, 3.63) is 60.9 Å². The molecule has 9 heteroatoms. The van der Waals surface area contributed by atoms with Crippen LogP contribution in [0.2, 0.25) is 0 Å². The minimum atomic E-state index is -2.90. The van der Waals surface area contributed by atoms with Gasteiger partial charge in [0.05, 0.1) is 24.5 Å². The Labute approximate surface area is 170 Å². The van der Waals surface area contributed by atoms with Crippen LogP contribution in [0, 0.1) is 0 Å². The number of anilines is 2. The molecule has 0 unspecified atom stereocenters. The lowest BCUT2D eigenvalue weighted by Gasteiger charge is -2.13. The highest BCUT2D eigenvalue weighted by Crippen LogP contribution is 2.31. The highest BCUT2D eigenvalue weighted by molar-refractivity contribution is 5.93. The molecule has 1 N–H and O–H groups in total. The van der Waals surface area contributed by atoms with E-state index < -0.39 is 6.61 Å². The topological polar surface area (TPSA) is 82.1 Å². The second-order valence-electron chi connectivity index (χ2n) is 6.17. The van der Waals surface area contributed by atoms with Gasteiger partial charge in [-0.1, -0.05) is 6.07 Å². The number of benzene rings is 2. The molecule has 0 spiro atoms. The normalized spacial score (nSPS) is 10.9. The first-order chi connectivity index (χ1) is 14.6.